The van der Waals surface area contributed by atoms with Crippen molar-refractivity contribution in [3.63, 3.8) is 0 Å². The van der Waals surface area contributed by atoms with Crippen LogP contribution in [0, 0.1) is 11.3 Å². The molecule has 0 aromatic rings. The molecular weight excluding hydrogens is 170 g/mol. The van der Waals surface area contributed by atoms with Gasteiger partial charge in [-0.05, 0) is 6.42 Å². The van der Waals surface area contributed by atoms with Crippen LogP contribution in [-0.2, 0) is 9.53 Å². The highest BCUT2D eigenvalue weighted by Crippen LogP contribution is 1.88. The summed E-state index contributed by atoms with van der Waals surface area (Å²) in [5, 5.41) is 10.8. The minimum Gasteiger partial charge on any atom is -0.385 e. The van der Waals surface area contributed by atoms with Crippen molar-refractivity contribution < 1.29 is 9.53 Å². The van der Waals surface area contributed by atoms with Crippen molar-refractivity contribution in [1.82, 2.24) is 5.32 Å². The van der Waals surface area contributed by atoms with Gasteiger partial charge in [0.1, 0.15) is 0 Å². The number of methoxy groups -OCH3 is 1. The van der Waals surface area contributed by atoms with Gasteiger partial charge in [-0.1, -0.05) is 0 Å². The number of carbonyl (C=O) groups is 1. The largest absolute Gasteiger partial charge is 0.385 e. The first-order valence-corrected chi connectivity index (χ1v) is 4.11. The number of carbonyl (C=O) groups excluding carboxylic acids is 1. The molecule has 0 aliphatic heterocycles. The second-order valence-corrected chi connectivity index (χ2v) is 2.59. The average molecular weight is 185 g/mol. The highest BCUT2D eigenvalue weighted by atomic mass is 16.5. The van der Waals surface area contributed by atoms with Gasteiger partial charge >= 0.3 is 0 Å². The number of hydrogen-bond acceptors (Lipinski definition) is 4. The summed E-state index contributed by atoms with van der Waals surface area (Å²) in [5.41, 5.74) is 5.51. The van der Waals surface area contributed by atoms with E-state index in [0.29, 0.717) is 26.0 Å². The van der Waals surface area contributed by atoms with Crippen LogP contribution in [0.15, 0.2) is 0 Å². The molecule has 0 spiro atoms. The Labute approximate surface area is 77.9 Å². The highest BCUT2D eigenvalue weighted by Gasteiger charge is 2.11. The van der Waals surface area contributed by atoms with Crippen molar-refractivity contribution in [3.05, 3.63) is 0 Å². The predicted octanol–water partition coefficient (Wildman–Crippen LogP) is -0.620. The molecule has 1 unspecified atom stereocenters. The smallest absolute Gasteiger partial charge is 0.237 e. The lowest BCUT2D eigenvalue weighted by Crippen LogP contribution is -2.41. The third kappa shape index (κ3) is 6.08. The van der Waals surface area contributed by atoms with Crippen molar-refractivity contribution >= 4 is 5.91 Å². The number of nitriles is 1. The molecule has 1 atom stereocenters. The van der Waals surface area contributed by atoms with E-state index in [2.05, 4.69) is 5.32 Å². The highest BCUT2D eigenvalue weighted by molar-refractivity contribution is 5.81. The van der Waals surface area contributed by atoms with Gasteiger partial charge in [0.25, 0.3) is 0 Å². The van der Waals surface area contributed by atoms with Crippen LogP contribution in [0.25, 0.3) is 0 Å². The predicted molar refractivity (Wildman–Crippen MR) is 47.7 cm³/mol. The fourth-order valence-electron chi connectivity index (χ4n) is 0.749. The van der Waals surface area contributed by atoms with E-state index >= 15 is 0 Å². The van der Waals surface area contributed by atoms with E-state index in [1.165, 1.54) is 0 Å². The first-order valence-electron chi connectivity index (χ1n) is 4.11. The maximum absolute atomic E-state index is 11.1. The molecule has 13 heavy (non-hydrogen) atoms. The summed E-state index contributed by atoms with van der Waals surface area (Å²) in [6.45, 7) is 0.822. The van der Waals surface area contributed by atoms with Gasteiger partial charge in [0.2, 0.25) is 5.91 Å². The summed E-state index contributed by atoms with van der Waals surface area (Å²) in [7, 11) is 1.56. The van der Waals surface area contributed by atoms with Crippen LogP contribution in [0.4, 0.5) is 0 Å². The molecule has 0 aromatic heterocycles. The van der Waals surface area contributed by atoms with E-state index < -0.39 is 6.04 Å². The molecular formula is C8H15N3O2. The van der Waals surface area contributed by atoms with Gasteiger partial charge in [-0.2, -0.15) is 5.26 Å². The summed E-state index contributed by atoms with van der Waals surface area (Å²) in [6, 6.07) is 1.38. The van der Waals surface area contributed by atoms with E-state index in [0.717, 1.165) is 0 Å². The Kier molecular flexibility index (Phi) is 6.88. The number of hydrogen-bond donors (Lipinski definition) is 2. The Bertz CT molecular complexity index is 188. The van der Waals surface area contributed by atoms with Crippen LogP contribution in [0.3, 0.4) is 0 Å². The van der Waals surface area contributed by atoms with Crippen LogP contribution in [0.2, 0.25) is 0 Å². The summed E-state index contributed by atoms with van der Waals surface area (Å²) >= 11 is 0. The number of nitrogens with two attached hydrogens (primary N) is 1. The molecule has 0 radical (unpaired) electrons. The molecule has 0 bridgehead atoms. The molecule has 1 amide bonds. The molecule has 74 valence electrons. The standard InChI is InChI=1S/C8H15N3O2/c1-13-6-3-7(10)8(12)11-5-2-4-9/h7H,2-3,5-6,10H2,1H3,(H,11,12). The number of rotatable bonds is 6. The topological polar surface area (TPSA) is 88.1 Å². The zero-order chi connectivity index (χ0) is 10.1. The van der Waals surface area contributed by atoms with E-state index in [1.54, 1.807) is 7.11 Å². The van der Waals surface area contributed by atoms with Gasteiger partial charge in [0.05, 0.1) is 18.5 Å². The zero-order valence-electron chi connectivity index (χ0n) is 7.75. The van der Waals surface area contributed by atoms with Crippen molar-refractivity contribution in [2.24, 2.45) is 5.73 Å². The van der Waals surface area contributed by atoms with Crippen LogP contribution in [-0.4, -0.2) is 32.2 Å². The quantitative estimate of drug-likeness (QED) is 0.540. The fourth-order valence-corrected chi connectivity index (χ4v) is 0.749. The normalized spacial score (nSPS) is 11.8. The van der Waals surface area contributed by atoms with E-state index in [1.807, 2.05) is 6.07 Å². The lowest BCUT2D eigenvalue weighted by Gasteiger charge is -2.10. The number of amides is 1. The first-order chi connectivity index (χ1) is 6.22. The fraction of sp³-hybridized carbons (Fsp3) is 0.750. The number of nitrogens with one attached hydrogen (secondary N) is 1. The molecule has 3 N–H and O–H groups in total. The molecule has 0 rings (SSSR count). The van der Waals surface area contributed by atoms with E-state index in [9.17, 15) is 4.79 Å². The maximum Gasteiger partial charge on any atom is 0.237 e. The molecule has 5 nitrogen and oxygen atoms in total. The summed E-state index contributed by atoms with van der Waals surface area (Å²) < 4.78 is 4.78. The summed E-state index contributed by atoms with van der Waals surface area (Å²) in [4.78, 5) is 11.1. The van der Waals surface area contributed by atoms with E-state index in [4.69, 9.17) is 15.7 Å². The monoisotopic (exact) mass is 185 g/mol. The molecule has 0 aliphatic carbocycles. The third-order valence-corrected chi connectivity index (χ3v) is 1.51. The number of nitrogens with zero attached hydrogens (tertiary/aromatic N) is 1. The zero-order valence-corrected chi connectivity index (χ0v) is 7.75. The van der Waals surface area contributed by atoms with E-state index in [-0.39, 0.29) is 5.91 Å². The average Bonchev–Trinajstić information content (AvgIpc) is 2.14. The van der Waals surface area contributed by atoms with Crippen LogP contribution < -0.4 is 11.1 Å². The second kappa shape index (κ2) is 7.53. The molecule has 0 heterocycles. The van der Waals surface area contributed by atoms with Crippen molar-refractivity contribution in [2.75, 3.05) is 20.3 Å². The van der Waals surface area contributed by atoms with Crippen LogP contribution in [0.5, 0.6) is 0 Å². The molecule has 0 fully saturated rings. The Morgan fingerprint density at radius 2 is 2.46 bits per heavy atom. The van der Waals surface area contributed by atoms with Crippen LogP contribution in [0.1, 0.15) is 12.8 Å². The molecule has 0 aromatic carbocycles. The van der Waals surface area contributed by atoms with Gasteiger partial charge in [0, 0.05) is 20.3 Å². The van der Waals surface area contributed by atoms with Crippen molar-refractivity contribution in [2.45, 2.75) is 18.9 Å². The Hall–Kier alpha value is -1.12. The molecule has 0 saturated carbocycles. The van der Waals surface area contributed by atoms with Crippen LogP contribution >= 0.6 is 0 Å². The van der Waals surface area contributed by atoms with Gasteiger partial charge in [-0.3, -0.25) is 4.79 Å². The lowest BCUT2D eigenvalue weighted by atomic mass is 10.2. The summed E-state index contributed by atoms with van der Waals surface area (Å²) in [5.74, 6) is -0.229. The first kappa shape index (κ1) is 11.9. The van der Waals surface area contributed by atoms with Gasteiger partial charge in [-0.25, -0.2) is 0 Å². The Morgan fingerprint density at radius 1 is 1.77 bits per heavy atom. The molecule has 5 heteroatoms. The second-order valence-electron chi connectivity index (χ2n) is 2.59. The summed E-state index contributed by atoms with van der Waals surface area (Å²) in [6.07, 6.45) is 0.803. The van der Waals surface area contributed by atoms with Crippen molar-refractivity contribution in [1.29, 1.82) is 5.26 Å². The SMILES string of the molecule is COCCC(N)C(=O)NCCC#N. The minimum atomic E-state index is -0.543. The maximum atomic E-state index is 11.1. The molecule has 0 aliphatic rings. The third-order valence-electron chi connectivity index (χ3n) is 1.51. The Morgan fingerprint density at radius 3 is 3.00 bits per heavy atom. The van der Waals surface area contributed by atoms with Gasteiger partial charge < -0.3 is 15.8 Å². The lowest BCUT2D eigenvalue weighted by molar-refractivity contribution is -0.122. The number of ether oxygens (including phenoxy) is 1. The minimum absolute atomic E-state index is 0.229. The van der Waals surface area contributed by atoms with Gasteiger partial charge in [-0.15, -0.1) is 0 Å². The molecule has 0 saturated heterocycles. The van der Waals surface area contributed by atoms with Gasteiger partial charge in [0.15, 0.2) is 0 Å². The van der Waals surface area contributed by atoms with Crippen molar-refractivity contribution in [3.8, 4) is 6.07 Å². The Balaban J connectivity index is 3.52.